The lowest BCUT2D eigenvalue weighted by atomic mass is 9.85. The zero-order chi connectivity index (χ0) is 13.9. The summed E-state index contributed by atoms with van der Waals surface area (Å²) >= 11 is 0. The molecule has 1 rings (SSSR count). The van der Waals surface area contributed by atoms with Crippen molar-refractivity contribution in [2.24, 2.45) is 11.8 Å². The van der Waals surface area contributed by atoms with Crippen LogP contribution in [0.15, 0.2) is 0 Å². The number of hydrogen-bond donors (Lipinski definition) is 0. The Morgan fingerprint density at radius 1 is 1.44 bits per heavy atom. The van der Waals surface area contributed by atoms with Crippen molar-refractivity contribution in [2.45, 2.75) is 65.6 Å². The molecule has 0 radical (unpaired) electrons. The highest BCUT2D eigenvalue weighted by atomic mass is 16.6. The first-order valence-electron chi connectivity index (χ1n) is 6.78. The third kappa shape index (κ3) is 2.85. The van der Waals surface area contributed by atoms with Crippen molar-refractivity contribution in [3.8, 4) is 0 Å². The number of cyclic esters (lactones) is 1. The van der Waals surface area contributed by atoms with E-state index in [1.165, 1.54) is 0 Å². The Morgan fingerprint density at radius 3 is 2.50 bits per heavy atom. The van der Waals surface area contributed by atoms with Gasteiger partial charge in [0.05, 0.1) is 12.3 Å². The van der Waals surface area contributed by atoms with Crippen LogP contribution in [0.25, 0.3) is 0 Å². The minimum Gasteiger partial charge on any atom is -0.458 e. The average molecular weight is 256 g/mol. The summed E-state index contributed by atoms with van der Waals surface area (Å²) in [6, 6.07) is 0. The molecule has 0 N–H and O–H groups in total. The Hall–Kier alpha value is -1.06. The standard InChI is InChI=1S/C14H24O4/c1-6-10(5)13(16)18-14(7-2)8-11(15)17-12(14)9(3)4/h9-10,12H,6-8H2,1-5H3. The minimum absolute atomic E-state index is 0.140. The van der Waals surface area contributed by atoms with Gasteiger partial charge >= 0.3 is 11.9 Å². The summed E-state index contributed by atoms with van der Waals surface area (Å²) in [4.78, 5) is 23.5. The molecule has 1 aliphatic rings. The first-order valence-corrected chi connectivity index (χ1v) is 6.78. The van der Waals surface area contributed by atoms with E-state index in [-0.39, 0.29) is 36.3 Å². The van der Waals surface area contributed by atoms with Gasteiger partial charge in [0.25, 0.3) is 0 Å². The van der Waals surface area contributed by atoms with Crippen molar-refractivity contribution in [2.75, 3.05) is 0 Å². The molecule has 3 atom stereocenters. The van der Waals surface area contributed by atoms with Gasteiger partial charge in [-0.1, -0.05) is 34.6 Å². The molecule has 4 nitrogen and oxygen atoms in total. The zero-order valence-corrected chi connectivity index (χ0v) is 12.0. The molecule has 0 aromatic carbocycles. The first kappa shape index (κ1) is 15.0. The molecule has 3 unspecified atom stereocenters. The summed E-state index contributed by atoms with van der Waals surface area (Å²) in [5, 5.41) is 0. The molecule has 0 bridgehead atoms. The number of carbonyl (C=O) groups is 2. The molecule has 104 valence electrons. The summed E-state index contributed by atoms with van der Waals surface area (Å²) in [5.74, 6) is -0.506. The zero-order valence-electron chi connectivity index (χ0n) is 12.0. The lowest BCUT2D eigenvalue weighted by Gasteiger charge is -2.34. The molecule has 1 heterocycles. The summed E-state index contributed by atoms with van der Waals surface area (Å²) in [6.07, 6.45) is 1.18. The van der Waals surface area contributed by atoms with Gasteiger partial charge in [0, 0.05) is 0 Å². The van der Waals surface area contributed by atoms with Gasteiger partial charge in [-0.2, -0.15) is 0 Å². The van der Waals surface area contributed by atoms with Crippen LogP contribution in [0.1, 0.15) is 53.9 Å². The maximum Gasteiger partial charge on any atom is 0.310 e. The van der Waals surface area contributed by atoms with Crippen molar-refractivity contribution >= 4 is 11.9 Å². The Labute approximate surface area is 109 Å². The highest BCUT2D eigenvalue weighted by Crippen LogP contribution is 2.38. The molecule has 1 fully saturated rings. The monoisotopic (exact) mass is 256 g/mol. The van der Waals surface area contributed by atoms with Gasteiger partial charge in [0.2, 0.25) is 0 Å². The maximum atomic E-state index is 12.0. The Kier molecular flexibility index (Phi) is 4.77. The fraction of sp³-hybridized carbons (Fsp3) is 0.857. The number of esters is 2. The van der Waals surface area contributed by atoms with E-state index in [0.717, 1.165) is 6.42 Å². The van der Waals surface area contributed by atoms with Crippen LogP contribution in [-0.2, 0) is 19.1 Å². The van der Waals surface area contributed by atoms with E-state index < -0.39 is 5.60 Å². The smallest absolute Gasteiger partial charge is 0.310 e. The lowest BCUT2D eigenvalue weighted by molar-refractivity contribution is -0.174. The SMILES string of the molecule is CCC(C)C(=O)OC1(CC)CC(=O)OC1C(C)C. The van der Waals surface area contributed by atoms with E-state index in [1.807, 2.05) is 34.6 Å². The minimum atomic E-state index is -0.772. The second-order valence-electron chi connectivity index (χ2n) is 5.48. The Bertz CT molecular complexity index is 324. The highest BCUT2D eigenvalue weighted by molar-refractivity contribution is 5.77. The second-order valence-corrected chi connectivity index (χ2v) is 5.48. The van der Waals surface area contributed by atoms with Crippen LogP contribution in [0.4, 0.5) is 0 Å². The van der Waals surface area contributed by atoms with Gasteiger partial charge in [-0.3, -0.25) is 9.59 Å². The van der Waals surface area contributed by atoms with Crippen molar-refractivity contribution < 1.29 is 19.1 Å². The maximum absolute atomic E-state index is 12.0. The second kappa shape index (κ2) is 5.72. The van der Waals surface area contributed by atoms with Crippen LogP contribution in [0, 0.1) is 11.8 Å². The first-order chi connectivity index (χ1) is 8.36. The summed E-state index contributed by atoms with van der Waals surface area (Å²) in [6.45, 7) is 9.67. The molecular weight excluding hydrogens is 232 g/mol. The van der Waals surface area contributed by atoms with Crippen LogP contribution < -0.4 is 0 Å². The molecular formula is C14H24O4. The summed E-state index contributed by atoms with van der Waals surface area (Å²) in [5.41, 5.74) is -0.772. The van der Waals surface area contributed by atoms with Gasteiger partial charge in [0.15, 0.2) is 5.60 Å². The van der Waals surface area contributed by atoms with Crippen LogP contribution >= 0.6 is 0 Å². The summed E-state index contributed by atoms with van der Waals surface area (Å²) < 4.78 is 11.0. The fourth-order valence-electron chi connectivity index (χ4n) is 2.34. The van der Waals surface area contributed by atoms with Gasteiger partial charge in [-0.15, -0.1) is 0 Å². The van der Waals surface area contributed by atoms with Crippen molar-refractivity contribution in [1.82, 2.24) is 0 Å². The normalized spacial score (nSPS) is 29.2. The quantitative estimate of drug-likeness (QED) is 0.710. The fourth-order valence-corrected chi connectivity index (χ4v) is 2.34. The predicted octanol–water partition coefficient (Wildman–Crippen LogP) is 2.70. The Morgan fingerprint density at radius 2 is 2.06 bits per heavy atom. The van der Waals surface area contributed by atoms with Crippen LogP contribution in [-0.4, -0.2) is 23.6 Å². The van der Waals surface area contributed by atoms with Gasteiger partial charge < -0.3 is 9.47 Å². The van der Waals surface area contributed by atoms with Gasteiger partial charge in [-0.05, 0) is 18.8 Å². The van der Waals surface area contributed by atoms with Gasteiger partial charge in [0.1, 0.15) is 6.10 Å². The van der Waals surface area contributed by atoms with Gasteiger partial charge in [-0.25, -0.2) is 0 Å². The molecule has 0 aliphatic carbocycles. The van der Waals surface area contributed by atoms with Crippen molar-refractivity contribution in [1.29, 1.82) is 0 Å². The van der Waals surface area contributed by atoms with Crippen LogP contribution in [0.5, 0.6) is 0 Å². The largest absolute Gasteiger partial charge is 0.458 e. The van der Waals surface area contributed by atoms with E-state index in [2.05, 4.69) is 0 Å². The number of carbonyl (C=O) groups excluding carboxylic acids is 2. The highest BCUT2D eigenvalue weighted by Gasteiger charge is 2.52. The average Bonchev–Trinajstić information content (AvgIpc) is 2.65. The molecule has 0 aromatic heterocycles. The van der Waals surface area contributed by atoms with Crippen LogP contribution in [0.2, 0.25) is 0 Å². The third-order valence-corrected chi connectivity index (χ3v) is 3.74. The molecule has 0 aromatic rings. The lowest BCUT2D eigenvalue weighted by Crippen LogP contribution is -2.46. The van der Waals surface area contributed by atoms with E-state index in [4.69, 9.17) is 9.47 Å². The van der Waals surface area contributed by atoms with Crippen LogP contribution in [0.3, 0.4) is 0 Å². The van der Waals surface area contributed by atoms with E-state index >= 15 is 0 Å². The predicted molar refractivity (Wildman–Crippen MR) is 67.9 cm³/mol. The molecule has 0 spiro atoms. The molecule has 1 saturated heterocycles. The molecule has 18 heavy (non-hydrogen) atoms. The number of ether oxygens (including phenoxy) is 2. The van der Waals surface area contributed by atoms with Crippen molar-refractivity contribution in [3.05, 3.63) is 0 Å². The topological polar surface area (TPSA) is 52.6 Å². The molecule has 0 amide bonds. The number of rotatable bonds is 5. The summed E-state index contributed by atoms with van der Waals surface area (Å²) in [7, 11) is 0. The van der Waals surface area contributed by atoms with E-state index in [9.17, 15) is 9.59 Å². The van der Waals surface area contributed by atoms with Crippen molar-refractivity contribution in [3.63, 3.8) is 0 Å². The van der Waals surface area contributed by atoms with E-state index in [1.54, 1.807) is 0 Å². The third-order valence-electron chi connectivity index (χ3n) is 3.74. The van der Waals surface area contributed by atoms with E-state index in [0.29, 0.717) is 6.42 Å². The molecule has 0 saturated carbocycles. The molecule has 1 aliphatic heterocycles. The Balaban J connectivity index is 2.90. The number of hydrogen-bond acceptors (Lipinski definition) is 4. The molecule has 4 heteroatoms.